The second-order valence-electron chi connectivity index (χ2n) is 9.80. The lowest BCUT2D eigenvalue weighted by Crippen LogP contribution is -2.57. The summed E-state index contributed by atoms with van der Waals surface area (Å²) in [5.41, 5.74) is 8.35. The number of carbonyl (C=O) groups is 2. The van der Waals surface area contributed by atoms with Crippen molar-refractivity contribution in [2.45, 2.75) is 68.4 Å². The van der Waals surface area contributed by atoms with E-state index in [1.54, 1.807) is 11.0 Å². The molecule has 7 atom stereocenters. The van der Waals surface area contributed by atoms with Crippen molar-refractivity contribution in [3.05, 3.63) is 35.1 Å². The number of piperidine rings is 1. The van der Waals surface area contributed by atoms with Crippen LogP contribution in [0.25, 0.3) is 0 Å². The number of benzene rings is 1. The van der Waals surface area contributed by atoms with Gasteiger partial charge in [-0.25, -0.2) is 4.39 Å². The summed E-state index contributed by atoms with van der Waals surface area (Å²) >= 11 is 0. The first-order valence-corrected chi connectivity index (χ1v) is 11.3. The monoisotopic (exact) mass is 423 g/mol. The fourth-order valence-electron chi connectivity index (χ4n) is 6.56. The van der Waals surface area contributed by atoms with E-state index < -0.39 is 6.04 Å². The molecule has 1 aromatic rings. The summed E-state index contributed by atoms with van der Waals surface area (Å²) in [4.78, 5) is 31.9. The van der Waals surface area contributed by atoms with E-state index in [0.29, 0.717) is 19.0 Å². The Kier molecular flexibility index (Phi) is 4.18. The first-order chi connectivity index (χ1) is 15.0. The number of nitriles is 1. The second-order valence-corrected chi connectivity index (χ2v) is 9.80. The Balaban J connectivity index is 1.13. The van der Waals surface area contributed by atoms with E-state index >= 15 is 0 Å². The zero-order chi connectivity index (χ0) is 21.4. The number of hydrogen-bond acceptors (Lipinski definition) is 5. The smallest absolute Gasteiger partial charge is 0.242 e. The normalized spacial score (nSPS) is 36.5. The summed E-state index contributed by atoms with van der Waals surface area (Å²) in [5.74, 6) is 0.168. The molecule has 1 saturated carbocycles. The molecule has 0 radical (unpaired) electrons. The van der Waals surface area contributed by atoms with Crippen molar-refractivity contribution in [1.29, 1.82) is 5.26 Å². The first kappa shape index (κ1) is 19.2. The lowest BCUT2D eigenvalue weighted by molar-refractivity contribution is -0.141. The maximum atomic E-state index is 13.6. The van der Waals surface area contributed by atoms with E-state index in [-0.39, 0.29) is 47.8 Å². The zero-order valence-electron chi connectivity index (χ0n) is 17.3. The fourth-order valence-corrected chi connectivity index (χ4v) is 6.56. The van der Waals surface area contributed by atoms with E-state index in [1.807, 2.05) is 11.0 Å². The van der Waals surface area contributed by atoms with Gasteiger partial charge in [0, 0.05) is 25.2 Å². The van der Waals surface area contributed by atoms with Crippen LogP contribution in [0, 0.1) is 23.1 Å². The van der Waals surface area contributed by atoms with Gasteiger partial charge in [0.05, 0.1) is 24.2 Å². The van der Waals surface area contributed by atoms with E-state index in [0.717, 1.165) is 43.2 Å². The average Bonchev–Trinajstić information content (AvgIpc) is 3.08. The predicted molar refractivity (Wildman–Crippen MR) is 109 cm³/mol. The van der Waals surface area contributed by atoms with Crippen LogP contribution < -0.4 is 5.73 Å². The van der Waals surface area contributed by atoms with Crippen LogP contribution in [0.15, 0.2) is 18.2 Å². The van der Waals surface area contributed by atoms with Crippen LogP contribution in [-0.4, -0.2) is 69.8 Å². The molecule has 162 valence electrons. The highest BCUT2D eigenvalue weighted by atomic mass is 19.1. The van der Waals surface area contributed by atoms with Crippen LogP contribution in [0.1, 0.15) is 42.9 Å². The van der Waals surface area contributed by atoms with Crippen molar-refractivity contribution in [1.82, 2.24) is 14.7 Å². The zero-order valence-corrected chi connectivity index (χ0v) is 17.3. The third-order valence-corrected chi connectivity index (χ3v) is 8.06. The summed E-state index contributed by atoms with van der Waals surface area (Å²) in [6.07, 6.45) is 4.11. The maximum absolute atomic E-state index is 13.6. The van der Waals surface area contributed by atoms with Crippen molar-refractivity contribution in [2.75, 3.05) is 13.1 Å². The molecule has 4 fully saturated rings. The average molecular weight is 423 g/mol. The van der Waals surface area contributed by atoms with Crippen LogP contribution in [0.2, 0.25) is 0 Å². The molecule has 1 unspecified atom stereocenters. The fraction of sp³-hybridized carbons (Fsp3) is 0.609. The van der Waals surface area contributed by atoms with Crippen LogP contribution in [0.5, 0.6) is 0 Å². The molecule has 2 N–H and O–H groups in total. The van der Waals surface area contributed by atoms with Gasteiger partial charge in [0.25, 0.3) is 0 Å². The third kappa shape index (κ3) is 2.83. The number of amides is 2. The van der Waals surface area contributed by atoms with Crippen LogP contribution >= 0.6 is 0 Å². The molecular formula is C23H26FN5O2. The minimum absolute atomic E-state index is 0.0170. The summed E-state index contributed by atoms with van der Waals surface area (Å²) in [7, 11) is 0. The largest absolute Gasteiger partial charge is 0.330 e. The summed E-state index contributed by atoms with van der Waals surface area (Å²) < 4.78 is 13.6. The Morgan fingerprint density at radius 3 is 2.90 bits per heavy atom. The molecule has 2 bridgehead atoms. The first-order valence-electron chi connectivity index (χ1n) is 11.3. The second kappa shape index (κ2) is 6.75. The van der Waals surface area contributed by atoms with Gasteiger partial charge in [0.1, 0.15) is 11.9 Å². The molecule has 2 amide bonds. The molecule has 0 spiro atoms. The van der Waals surface area contributed by atoms with Crippen LogP contribution in [-0.2, 0) is 16.0 Å². The van der Waals surface area contributed by atoms with Gasteiger partial charge in [-0.15, -0.1) is 0 Å². The topological polar surface area (TPSA) is 93.7 Å². The number of fused-ring (bicyclic) bond motifs is 4. The number of likely N-dealkylation sites (tertiary alicyclic amines) is 3. The summed E-state index contributed by atoms with van der Waals surface area (Å²) in [6.45, 7) is 1.05. The number of nitrogens with zero attached hydrogens (tertiary/aromatic N) is 4. The van der Waals surface area contributed by atoms with Gasteiger partial charge >= 0.3 is 0 Å². The molecule has 3 aliphatic heterocycles. The molecule has 2 aliphatic carbocycles. The van der Waals surface area contributed by atoms with Gasteiger partial charge in [0.2, 0.25) is 11.8 Å². The van der Waals surface area contributed by atoms with Crippen molar-refractivity contribution >= 4 is 11.8 Å². The lowest BCUT2D eigenvalue weighted by Gasteiger charge is -2.38. The van der Waals surface area contributed by atoms with Crippen molar-refractivity contribution in [2.24, 2.45) is 11.7 Å². The van der Waals surface area contributed by atoms with E-state index in [2.05, 4.69) is 11.0 Å². The van der Waals surface area contributed by atoms with Crippen molar-refractivity contribution in [3.63, 3.8) is 0 Å². The molecule has 3 heterocycles. The standard InChI is InChI=1S/C23H26FN5O2/c24-14-2-3-17-12(5-14)1-4-19(17)29-16-8-21(23(29)31)27(10-16)11-18(26)22(30)28-15(9-25)6-13-7-20(13)28/h2-3,5,13,15-16,18-21H,1,4,6-8,10-11,26H2/t13-,15+,16?,18+,19+,20+,21-/m1/s1. The number of halogens is 1. The van der Waals surface area contributed by atoms with E-state index in [9.17, 15) is 19.2 Å². The van der Waals surface area contributed by atoms with Gasteiger partial charge < -0.3 is 15.5 Å². The predicted octanol–water partition coefficient (Wildman–Crippen LogP) is 0.938. The van der Waals surface area contributed by atoms with Gasteiger partial charge in [0.15, 0.2) is 0 Å². The highest BCUT2D eigenvalue weighted by Gasteiger charge is 2.56. The van der Waals surface area contributed by atoms with E-state index in [1.165, 1.54) is 6.07 Å². The quantitative estimate of drug-likeness (QED) is 0.778. The van der Waals surface area contributed by atoms with Gasteiger partial charge in [-0.2, -0.15) is 5.26 Å². The lowest BCUT2D eigenvalue weighted by atomic mass is 10.1. The Bertz CT molecular complexity index is 1010. The molecule has 31 heavy (non-hydrogen) atoms. The number of aryl methyl sites for hydroxylation is 1. The van der Waals surface area contributed by atoms with Gasteiger partial charge in [-0.05, 0) is 61.3 Å². The molecule has 6 rings (SSSR count). The molecule has 1 aromatic carbocycles. The molecule has 3 saturated heterocycles. The highest BCUT2D eigenvalue weighted by Crippen LogP contribution is 2.48. The molecule has 0 aromatic heterocycles. The minimum Gasteiger partial charge on any atom is -0.330 e. The molecule has 8 heteroatoms. The number of hydrogen-bond donors (Lipinski definition) is 1. The van der Waals surface area contributed by atoms with Crippen molar-refractivity contribution < 1.29 is 14.0 Å². The molecule has 7 nitrogen and oxygen atoms in total. The summed E-state index contributed by atoms with van der Waals surface area (Å²) in [6, 6.07) is 6.11. The SMILES string of the molecule is N#C[C@@H]1C[C@@H]2C[C@@H]2N1C(=O)[C@@H](N)CN1CC2C[C@@H]1C(=O)N2[C@H]1CCc2cc(F)ccc21. The minimum atomic E-state index is -0.717. The van der Waals surface area contributed by atoms with E-state index in [4.69, 9.17) is 5.73 Å². The number of piperazine rings is 1. The Morgan fingerprint density at radius 1 is 1.29 bits per heavy atom. The Morgan fingerprint density at radius 2 is 2.13 bits per heavy atom. The Labute approximate surface area is 180 Å². The van der Waals surface area contributed by atoms with Gasteiger partial charge in [-0.1, -0.05) is 6.07 Å². The maximum Gasteiger partial charge on any atom is 0.242 e. The van der Waals surface area contributed by atoms with Crippen molar-refractivity contribution in [3.8, 4) is 6.07 Å². The Hall–Kier alpha value is -2.50. The number of nitrogens with two attached hydrogens (primary N) is 1. The highest BCUT2D eigenvalue weighted by molar-refractivity contribution is 5.87. The number of rotatable bonds is 4. The summed E-state index contributed by atoms with van der Waals surface area (Å²) in [5, 5.41) is 9.36. The van der Waals surface area contributed by atoms with Gasteiger partial charge in [-0.3, -0.25) is 14.5 Å². The van der Waals surface area contributed by atoms with Crippen LogP contribution in [0.4, 0.5) is 4.39 Å². The number of carbonyl (C=O) groups excluding carboxylic acids is 2. The third-order valence-electron chi connectivity index (χ3n) is 8.06. The molecular weight excluding hydrogens is 397 g/mol. The van der Waals surface area contributed by atoms with Crippen LogP contribution in [0.3, 0.4) is 0 Å². The molecule has 5 aliphatic rings.